The molecule has 3 N–H and O–H groups in total. The van der Waals surface area contributed by atoms with Crippen LogP contribution < -0.4 is 20.7 Å². The summed E-state index contributed by atoms with van der Waals surface area (Å²) < 4.78 is 5.21. The van der Waals surface area contributed by atoms with E-state index in [0.717, 1.165) is 11.1 Å². The fraction of sp³-hybridized carbons (Fsp3) is 0.318. The van der Waals surface area contributed by atoms with Crippen molar-refractivity contribution in [3.05, 3.63) is 53.6 Å². The number of aryl methyl sites for hydroxylation is 2. The number of likely N-dealkylation sites (N-methyl/N-ethyl adjacent to an activating group) is 1. The van der Waals surface area contributed by atoms with E-state index in [4.69, 9.17) is 4.74 Å². The number of hydrogen-bond donors (Lipinski definition) is 3. The minimum atomic E-state index is -0.610. The van der Waals surface area contributed by atoms with E-state index in [0.29, 0.717) is 23.7 Å². The molecule has 0 aromatic heterocycles. The highest BCUT2D eigenvalue weighted by atomic mass is 16.5. The maximum absolute atomic E-state index is 12.3. The lowest BCUT2D eigenvalue weighted by atomic mass is 10.1. The van der Waals surface area contributed by atoms with Gasteiger partial charge in [-0.2, -0.15) is 0 Å². The number of hydrogen-bond acceptors (Lipinski definition) is 5. The number of rotatable bonds is 8. The van der Waals surface area contributed by atoms with Crippen LogP contribution in [0.3, 0.4) is 0 Å². The van der Waals surface area contributed by atoms with Gasteiger partial charge in [0.15, 0.2) is 0 Å². The number of anilines is 2. The van der Waals surface area contributed by atoms with Gasteiger partial charge in [-0.1, -0.05) is 36.8 Å². The number of methoxy groups -OCH3 is 1. The number of nitrogens with one attached hydrogen (secondary N) is 3. The van der Waals surface area contributed by atoms with Gasteiger partial charge in [0.1, 0.15) is 5.75 Å². The van der Waals surface area contributed by atoms with Crippen molar-refractivity contribution >= 4 is 29.2 Å². The quantitative estimate of drug-likeness (QED) is 0.619. The van der Waals surface area contributed by atoms with Gasteiger partial charge < -0.3 is 15.4 Å². The molecule has 0 saturated heterocycles. The largest absolute Gasteiger partial charge is 0.495 e. The number of para-hydroxylation sites is 2. The molecular weight excluding hydrogens is 384 g/mol. The summed E-state index contributed by atoms with van der Waals surface area (Å²) >= 11 is 0. The van der Waals surface area contributed by atoms with Gasteiger partial charge >= 0.3 is 6.03 Å². The normalized spacial score (nSPS) is 10.4. The second-order valence-electron chi connectivity index (χ2n) is 6.87. The Morgan fingerprint density at radius 1 is 0.933 bits per heavy atom. The monoisotopic (exact) mass is 412 g/mol. The maximum Gasteiger partial charge on any atom is 0.325 e. The highest BCUT2D eigenvalue weighted by molar-refractivity contribution is 6.02. The van der Waals surface area contributed by atoms with E-state index in [1.165, 1.54) is 7.11 Å². The Morgan fingerprint density at radius 2 is 1.63 bits per heavy atom. The molecular formula is C22H28N4O4. The molecule has 0 heterocycles. The second-order valence-corrected chi connectivity index (χ2v) is 6.87. The highest BCUT2D eigenvalue weighted by Gasteiger charge is 2.16. The van der Waals surface area contributed by atoms with Crippen LogP contribution in [0.15, 0.2) is 42.5 Å². The van der Waals surface area contributed by atoms with E-state index in [-0.39, 0.29) is 19.0 Å². The Bertz CT molecular complexity index is 914. The average molecular weight is 412 g/mol. The number of carbonyl (C=O) groups excluding carboxylic acids is 3. The van der Waals surface area contributed by atoms with Gasteiger partial charge in [0.2, 0.25) is 11.8 Å². The van der Waals surface area contributed by atoms with E-state index < -0.39 is 11.9 Å². The number of nitrogens with zero attached hydrogens (tertiary/aromatic N) is 1. The van der Waals surface area contributed by atoms with Crippen LogP contribution >= 0.6 is 0 Å². The Hall–Kier alpha value is -3.39. The highest BCUT2D eigenvalue weighted by Crippen LogP contribution is 2.22. The van der Waals surface area contributed by atoms with Crippen molar-refractivity contribution in [1.82, 2.24) is 10.2 Å². The Balaban J connectivity index is 1.86. The smallest absolute Gasteiger partial charge is 0.325 e. The molecule has 2 aromatic carbocycles. The summed E-state index contributed by atoms with van der Waals surface area (Å²) in [5, 5.41) is 7.72. The number of imide groups is 1. The van der Waals surface area contributed by atoms with Crippen LogP contribution in [0.1, 0.15) is 18.1 Å². The molecule has 0 fully saturated rings. The molecule has 0 aliphatic heterocycles. The number of benzene rings is 2. The first kappa shape index (κ1) is 22.9. The van der Waals surface area contributed by atoms with Gasteiger partial charge in [-0.05, 0) is 44.2 Å². The van der Waals surface area contributed by atoms with Gasteiger partial charge in [0.05, 0.1) is 25.9 Å². The number of urea groups is 1. The molecule has 4 amide bonds. The first-order chi connectivity index (χ1) is 14.3. The van der Waals surface area contributed by atoms with E-state index in [1.54, 1.807) is 35.2 Å². The fourth-order valence-corrected chi connectivity index (χ4v) is 2.90. The first-order valence-electron chi connectivity index (χ1n) is 9.65. The van der Waals surface area contributed by atoms with Gasteiger partial charge in [0.25, 0.3) is 0 Å². The Labute approximate surface area is 176 Å². The third-order valence-corrected chi connectivity index (χ3v) is 4.45. The summed E-state index contributed by atoms with van der Waals surface area (Å²) in [7, 11) is 1.52. The molecule has 0 aliphatic rings. The van der Waals surface area contributed by atoms with Crippen LogP contribution in [0.2, 0.25) is 0 Å². The predicted molar refractivity (Wildman–Crippen MR) is 117 cm³/mol. The van der Waals surface area contributed by atoms with Crippen LogP contribution in [-0.4, -0.2) is 49.5 Å². The van der Waals surface area contributed by atoms with Gasteiger partial charge in [0, 0.05) is 5.69 Å². The molecule has 8 heteroatoms. The van der Waals surface area contributed by atoms with Crippen LogP contribution in [0.4, 0.5) is 16.2 Å². The van der Waals surface area contributed by atoms with Crippen molar-refractivity contribution in [2.75, 3.05) is 37.4 Å². The summed E-state index contributed by atoms with van der Waals surface area (Å²) in [6.45, 7) is 6.05. The molecule has 0 unspecified atom stereocenters. The van der Waals surface area contributed by atoms with E-state index in [9.17, 15) is 14.4 Å². The van der Waals surface area contributed by atoms with Crippen LogP contribution in [0.25, 0.3) is 0 Å². The molecule has 160 valence electrons. The fourth-order valence-electron chi connectivity index (χ4n) is 2.90. The molecule has 0 radical (unpaired) electrons. The van der Waals surface area contributed by atoms with Crippen LogP contribution in [-0.2, 0) is 9.59 Å². The van der Waals surface area contributed by atoms with Gasteiger partial charge in [-0.3, -0.25) is 19.8 Å². The third-order valence-electron chi connectivity index (χ3n) is 4.45. The van der Waals surface area contributed by atoms with Gasteiger partial charge in [-0.15, -0.1) is 0 Å². The molecule has 8 nitrogen and oxygen atoms in total. The topological polar surface area (TPSA) is 99.8 Å². The first-order valence-corrected chi connectivity index (χ1v) is 9.65. The SMILES string of the molecule is CCN(CC(=O)NC(=O)Nc1ccc(C)cc1C)CC(=O)Nc1ccccc1OC. The zero-order valence-corrected chi connectivity index (χ0v) is 17.7. The van der Waals surface area contributed by atoms with Crippen molar-refractivity contribution in [2.24, 2.45) is 0 Å². The van der Waals surface area contributed by atoms with E-state index in [2.05, 4.69) is 16.0 Å². The molecule has 2 aromatic rings. The lowest BCUT2D eigenvalue weighted by Crippen LogP contribution is -2.44. The Morgan fingerprint density at radius 3 is 2.30 bits per heavy atom. The summed E-state index contributed by atoms with van der Waals surface area (Å²) in [5.41, 5.74) is 3.17. The number of ether oxygens (including phenoxy) is 1. The minimum Gasteiger partial charge on any atom is -0.495 e. The van der Waals surface area contributed by atoms with E-state index in [1.807, 2.05) is 32.9 Å². The summed E-state index contributed by atoms with van der Waals surface area (Å²) in [6, 6.07) is 12.1. The van der Waals surface area contributed by atoms with Crippen molar-refractivity contribution in [1.29, 1.82) is 0 Å². The maximum atomic E-state index is 12.3. The van der Waals surface area contributed by atoms with Crippen molar-refractivity contribution in [3.8, 4) is 5.75 Å². The molecule has 0 aliphatic carbocycles. The van der Waals surface area contributed by atoms with Crippen LogP contribution in [0.5, 0.6) is 5.75 Å². The number of amides is 4. The summed E-state index contributed by atoms with van der Waals surface area (Å²) in [6.07, 6.45) is 0. The van der Waals surface area contributed by atoms with Gasteiger partial charge in [-0.25, -0.2) is 4.79 Å². The van der Waals surface area contributed by atoms with Crippen molar-refractivity contribution < 1.29 is 19.1 Å². The second kappa shape index (κ2) is 11.0. The van der Waals surface area contributed by atoms with E-state index >= 15 is 0 Å². The zero-order valence-electron chi connectivity index (χ0n) is 17.7. The molecule has 2 rings (SSSR count). The Kier molecular flexibility index (Phi) is 8.37. The minimum absolute atomic E-state index is 0.000653. The molecule has 30 heavy (non-hydrogen) atoms. The average Bonchev–Trinajstić information content (AvgIpc) is 2.69. The van der Waals surface area contributed by atoms with Crippen LogP contribution in [0, 0.1) is 13.8 Å². The lowest BCUT2D eigenvalue weighted by molar-refractivity contribution is -0.122. The zero-order chi connectivity index (χ0) is 22.1. The number of carbonyl (C=O) groups is 3. The summed E-state index contributed by atoms with van der Waals surface area (Å²) in [5.74, 6) is -0.229. The third kappa shape index (κ3) is 6.89. The lowest BCUT2D eigenvalue weighted by Gasteiger charge is -2.19. The predicted octanol–water partition coefficient (Wildman–Crippen LogP) is 2.92. The van der Waals surface area contributed by atoms with Crippen molar-refractivity contribution in [2.45, 2.75) is 20.8 Å². The molecule has 0 saturated carbocycles. The molecule has 0 atom stereocenters. The molecule has 0 spiro atoms. The van der Waals surface area contributed by atoms with Crippen molar-refractivity contribution in [3.63, 3.8) is 0 Å². The molecule has 0 bridgehead atoms. The summed E-state index contributed by atoms with van der Waals surface area (Å²) in [4.78, 5) is 38.3. The standard InChI is InChI=1S/C22H28N4O4/c1-5-26(13-20(27)23-18-8-6-7-9-19(18)30-4)14-21(28)25-22(29)24-17-11-10-15(2)12-16(17)3/h6-12H,5,13-14H2,1-4H3,(H,23,27)(H2,24,25,28,29).